The van der Waals surface area contributed by atoms with Gasteiger partial charge in [0.05, 0.1) is 19.8 Å². The van der Waals surface area contributed by atoms with Crippen molar-refractivity contribution in [3.05, 3.63) is 0 Å². The van der Waals surface area contributed by atoms with Crippen LogP contribution in [-0.2, 0) is 9.47 Å². The summed E-state index contributed by atoms with van der Waals surface area (Å²) in [5.41, 5.74) is 0. The molecule has 2 unspecified atom stereocenters. The Kier molecular flexibility index (Phi) is 71.0. The second-order valence-electron chi connectivity index (χ2n) is 25.8. The first-order valence-corrected chi connectivity index (χ1v) is 37.3. The van der Waals surface area contributed by atoms with Gasteiger partial charge in [-0.15, -0.1) is 0 Å². The molecule has 0 heterocycles. The van der Waals surface area contributed by atoms with Crippen molar-refractivity contribution in [2.75, 3.05) is 39.6 Å². The van der Waals surface area contributed by atoms with Gasteiger partial charge < -0.3 is 14.6 Å². The molecule has 0 rings (SSSR count). The van der Waals surface area contributed by atoms with Crippen LogP contribution in [-0.4, -0.2) is 61.7 Å². The van der Waals surface area contributed by atoms with Gasteiger partial charge in [-0.05, 0) is 25.7 Å². The van der Waals surface area contributed by atoms with E-state index in [0.29, 0.717) is 12.1 Å². The van der Waals surface area contributed by atoms with E-state index in [4.69, 9.17) is 9.47 Å². The number of aliphatic hydroxyl groups excluding tert-OH is 1. The molecule has 0 aromatic carbocycles. The monoisotopic (exact) mass is 1100 g/mol. The van der Waals surface area contributed by atoms with Crippen molar-refractivity contribution in [1.82, 2.24) is 4.90 Å². The van der Waals surface area contributed by atoms with Gasteiger partial charge in [-0.2, -0.15) is 0 Å². The maximum absolute atomic E-state index is 10.7. The fourth-order valence-electron chi connectivity index (χ4n) is 12.6. The fraction of sp³-hybridized carbons (Fsp3) is 1.00. The van der Waals surface area contributed by atoms with Gasteiger partial charge in [0.2, 0.25) is 0 Å². The van der Waals surface area contributed by atoms with Crippen LogP contribution in [0.15, 0.2) is 0 Å². The number of aliphatic hydroxyl groups is 1. The minimum atomic E-state index is 0.225. The van der Waals surface area contributed by atoms with Gasteiger partial charge in [0.1, 0.15) is 0 Å². The van der Waals surface area contributed by atoms with E-state index in [9.17, 15) is 5.11 Å². The van der Waals surface area contributed by atoms with E-state index in [2.05, 4.69) is 32.6 Å². The van der Waals surface area contributed by atoms with Crippen molar-refractivity contribution >= 4 is 0 Å². The first-order valence-electron chi connectivity index (χ1n) is 37.3. The summed E-state index contributed by atoms with van der Waals surface area (Å²) >= 11 is 0. The highest BCUT2D eigenvalue weighted by Gasteiger charge is 2.26. The molecule has 4 nitrogen and oxygen atoms in total. The standard InChI is InChI=1S/C74H151NO3/c1-5-9-13-17-21-25-29-33-37-39-43-47-51-55-59-63-69-77-71-73(65-61-57-53-49-45-41-35-31-27-23-19-15-11-7-3)75(67-68-76)74(66-62-58-54-50-46-42-36-32-28-24-20-16-12-8-4)72-78-70-64-60-56-52-48-44-40-38-34-30-26-22-18-14-10-6-2/h73-74,76H,5-72H2,1-4H3. The number of ether oxygens (including phenoxy) is 2. The summed E-state index contributed by atoms with van der Waals surface area (Å²) in [4.78, 5) is 2.70. The zero-order valence-corrected chi connectivity index (χ0v) is 54.9. The number of hydrogen-bond acceptors (Lipinski definition) is 4. The largest absolute Gasteiger partial charge is 0.395 e. The van der Waals surface area contributed by atoms with Crippen LogP contribution in [0.25, 0.3) is 0 Å². The first-order chi connectivity index (χ1) is 38.7. The highest BCUT2D eigenvalue weighted by atomic mass is 16.5. The second kappa shape index (κ2) is 71.1. The molecule has 0 aliphatic carbocycles. The molecule has 1 N–H and O–H groups in total. The molecule has 78 heavy (non-hydrogen) atoms. The Bertz CT molecular complexity index is 946. The van der Waals surface area contributed by atoms with Crippen LogP contribution in [0.2, 0.25) is 0 Å². The third kappa shape index (κ3) is 61.9. The van der Waals surface area contributed by atoms with Gasteiger partial charge in [0, 0.05) is 31.8 Å². The number of nitrogens with zero attached hydrogens (tertiary/aromatic N) is 1. The lowest BCUT2D eigenvalue weighted by Gasteiger charge is -2.38. The molecule has 0 aromatic rings. The van der Waals surface area contributed by atoms with E-state index < -0.39 is 0 Å². The van der Waals surface area contributed by atoms with E-state index in [1.54, 1.807) is 0 Å². The van der Waals surface area contributed by atoms with Crippen LogP contribution in [0.1, 0.15) is 426 Å². The van der Waals surface area contributed by atoms with E-state index >= 15 is 0 Å². The third-order valence-electron chi connectivity index (χ3n) is 18.0. The zero-order chi connectivity index (χ0) is 56.2. The molecule has 0 saturated heterocycles. The average molecular weight is 1100 g/mol. The molecule has 0 amide bonds. The van der Waals surface area contributed by atoms with Gasteiger partial charge in [0.25, 0.3) is 0 Å². The summed E-state index contributed by atoms with van der Waals surface area (Å²) in [7, 11) is 0. The molecule has 0 bridgehead atoms. The Balaban J connectivity index is 5.17. The van der Waals surface area contributed by atoms with Gasteiger partial charge in [-0.25, -0.2) is 0 Å². The topological polar surface area (TPSA) is 41.9 Å². The highest BCUT2D eigenvalue weighted by Crippen LogP contribution is 2.23. The van der Waals surface area contributed by atoms with Crippen LogP contribution in [0.5, 0.6) is 0 Å². The van der Waals surface area contributed by atoms with Crippen molar-refractivity contribution in [2.24, 2.45) is 0 Å². The van der Waals surface area contributed by atoms with Crippen molar-refractivity contribution in [1.29, 1.82) is 0 Å². The Morgan fingerprint density at radius 3 is 0.577 bits per heavy atom. The summed E-state index contributed by atoms with van der Waals surface area (Å²) in [6.07, 6.45) is 86.6. The quantitative estimate of drug-likeness (QED) is 0.0617. The highest BCUT2D eigenvalue weighted by molar-refractivity contribution is 4.80. The molecule has 470 valence electrons. The van der Waals surface area contributed by atoms with E-state index in [-0.39, 0.29) is 6.61 Å². The van der Waals surface area contributed by atoms with Crippen molar-refractivity contribution < 1.29 is 14.6 Å². The minimum Gasteiger partial charge on any atom is -0.395 e. The Morgan fingerprint density at radius 2 is 0.397 bits per heavy atom. The third-order valence-corrected chi connectivity index (χ3v) is 18.0. The van der Waals surface area contributed by atoms with Crippen LogP contribution in [0, 0.1) is 0 Å². The molecule has 0 fully saturated rings. The van der Waals surface area contributed by atoms with Crippen molar-refractivity contribution in [2.45, 2.75) is 438 Å². The molecule has 0 aliphatic rings. The second-order valence-corrected chi connectivity index (χ2v) is 25.8. The lowest BCUT2D eigenvalue weighted by Crippen LogP contribution is -2.49. The Hall–Kier alpha value is -0.160. The number of rotatable bonds is 72. The SMILES string of the molecule is CCCCCCCCCCCCCCCCCCOCC(CCCCCCCCCCCCCCCC)N(CCO)C(CCCCCCCCCCCCCCCC)COCCCCCCCCCCCCCCCCCC. The predicted octanol–water partition coefficient (Wildman–Crippen LogP) is 25.3. The molecule has 0 saturated carbocycles. The van der Waals surface area contributed by atoms with E-state index in [0.717, 1.165) is 33.0 Å². The average Bonchev–Trinajstić information content (AvgIpc) is 3.45. The van der Waals surface area contributed by atoms with Crippen LogP contribution < -0.4 is 0 Å². The lowest BCUT2D eigenvalue weighted by molar-refractivity contribution is -0.0120. The summed E-state index contributed by atoms with van der Waals surface area (Å²) in [5.74, 6) is 0. The number of unbranched alkanes of at least 4 members (excludes halogenated alkanes) is 56. The van der Waals surface area contributed by atoms with Crippen molar-refractivity contribution in [3.8, 4) is 0 Å². The maximum atomic E-state index is 10.7. The smallest absolute Gasteiger partial charge is 0.0621 e. The normalized spacial score (nSPS) is 12.7. The predicted molar refractivity (Wildman–Crippen MR) is 352 cm³/mol. The first kappa shape index (κ1) is 77.8. The number of hydrogen-bond donors (Lipinski definition) is 1. The summed E-state index contributed by atoms with van der Waals surface area (Å²) in [6.45, 7) is 13.6. The van der Waals surface area contributed by atoms with Gasteiger partial charge in [-0.1, -0.05) is 400 Å². The van der Waals surface area contributed by atoms with E-state index in [1.807, 2.05) is 0 Å². The van der Waals surface area contributed by atoms with Gasteiger partial charge in [-0.3, -0.25) is 4.90 Å². The minimum absolute atomic E-state index is 0.225. The molecular weight excluding hydrogens is 951 g/mol. The molecule has 0 aliphatic heterocycles. The zero-order valence-electron chi connectivity index (χ0n) is 54.9. The van der Waals surface area contributed by atoms with E-state index in [1.165, 1.54) is 398 Å². The molecule has 4 heteroatoms. The molecule has 0 aromatic heterocycles. The molecule has 0 radical (unpaired) electrons. The Labute approximate surface area is 494 Å². The van der Waals surface area contributed by atoms with Crippen LogP contribution >= 0.6 is 0 Å². The van der Waals surface area contributed by atoms with Crippen molar-refractivity contribution in [3.63, 3.8) is 0 Å². The van der Waals surface area contributed by atoms with Crippen LogP contribution in [0.4, 0.5) is 0 Å². The lowest BCUT2D eigenvalue weighted by atomic mass is 9.99. The summed E-state index contributed by atoms with van der Waals surface area (Å²) in [6, 6.07) is 0.734. The Morgan fingerprint density at radius 1 is 0.231 bits per heavy atom. The summed E-state index contributed by atoms with van der Waals surface area (Å²) < 4.78 is 13.3. The maximum Gasteiger partial charge on any atom is 0.0621 e. The summed E-state index contributed by atoms with van der Waals surface area (Å²) in [5, 5.41) is 10.7. The van der Waals surface area contributed by atoms with Gasteiger partial charge >= 0.3 is 0 Å². The molecular formula is C74H151NO3. The molecule has 2 atom stereocenters. The van der Waals surface area contributed by atoms with Gasteiger partial charge in [0.15, 0.2) is 0 Å². The molecule has 0 spiro atoms. The van der Waals surface area contributed by atoms with Crippen LogP contribution in [0.3, 0.4) is 0 Å². The fourth-order valence-corrected chi connectivity index (χ4v) is 12.6.